The molecular weight excluding hydrogens is 899 g/mol. The van der Waals surface area contributed by atoms with E-state index >= 15 is 4.39 Å². The van der Waals surface area contributed by atoms with E-state index in [2.05, 4.69) is 26.2 Å². The van der Waals surface area contributed by atoms with Gasteiger partial charge >= 0.3 is 5.69 Å². The first-order chi connectivity index (χ1) is 32.3. The first kappa shape index (κ1) is 45.7. The van der Waals surface area contributed by atoms with E-state index in [1.165, 1.54) is 10.6 Å². The van der Waals surface area contributed by atoms with Crippen LogP contribution in [0.15, 0.2) is 59.4 Å². The summed E-state index contributed by atoms with van der Waals surface area (Å²) in [5, 5.41) is 12.8. The summed E-state index contributed by atoms with van der Waals surface area (Å²) in [6, 6.07) is 14.2. The van der Waals surface area contributed by atoms with E-state index in [0.717, 1.165) is 62.8 Å². The summed E-state index contributed by atoms with van der Waals surface area (Å²) in [5.41, 5.74) is 1.61. The molecule has 2 spiro atoms. The standard InChI is InChI=1S/C50H57Cl2FN8O6/c1-58-39-27-29(10-17-37(39)61(48(58)67)38-18-19-40(62)56-44(38)63)7-6-22-59-23-25-60(26-24-59)46(65)30-11-14-32(15-12-30)54-45(64)43-41(33-8-5-9-35(52)42(33)53)50(49(57-43)20-3-2-4-21-49)34-16-13-31(51)28-36(34)55-47(50)66/h5,8-10,13,16-17,27-28,30,32,38,41,43,57H,2-4,6-7,11-12,14-15,18-26H2,1H3,(H,54,64)(H,55,66)(H,56,62,63)/t30?,32?,38-,41-,43+,50+/m0/s1. The molecule has 5 heterocycles. The molecule has 1 aromatic heterocycles. The summed E-state index contributed by atoms with van der Waals surface area (Å²) < 4.78 is 19.4. The highest BCUT2D eigenvalue weighted by atomic mass is 35.5. The number of hydrogen-bond acceptors (Lipinski definition) is 8. The molecule has 3 saturated heterocycles. The molecule has 2 saturated carbocycles. The first-order valence-electron chi connectivity index (χ1n) is 24.0. The molecule has 17 heteroatoms. The molecule has 3 aromatic carbocycles. The van der Waals surface area contributed by atoms with Gasteiger partial charge in [-0.1, -0.05) is 66.7 Å². The van der Waals surface area contributed by atoms with Crippen LogP contribution in [0, 0.1) is 11.7 Å². The predicted octanol–water partition coefficient (Wildman–Crippen LogP) is 5.86. The lowest BCUT2D eigenvalue weighted by molar-refractivity contribution is -0.139. The van der Waals surface area contributed by atoms with Gasteiger partial charge in [-0.05, 0) is 111 Å². The number of nitrogens with zero attached hydrogens (tertiary/aromatic N) is 4. The van der Waals surface area contributed by atoms with Crippen molar-refractivity contribution in [3.63, 3.8) is 0 Å². The minimum absolute atomic E-state index is 0.0704. The average Bonchev–Trinajstić information content (AvgIpc) is 3.87. The number of imide groups is 1. The van der Waals surface area contributed by atoms with Crippen molar-refractivity contribution < 1.29 is 28.4 Å². The Morgan fingerprint density at radius 1 is 0.866 bits per heavy atom. The van der Waals surface area contributed by atoms with Crippen molar-refractivity contribution in [1.82, 2.24) is 34.9 Å². The normalized spacial score (nSPS) is 27.4. The van der Waals surface area contributed by atoms with Crippen LogP contribution in [0.4, 0.5) is 10.1 Å². The van der Waals surface area contributed by atoms with Gasteiger partial charge < -0.3 is 15.5 Å². The number of aryl methyl sites for hydroxylation is 2. The van der Waals surface area contributed by atoms with Crippen LogP contribution in [0.5, 0.6) is 0 Å². The van der Waals surface area contributed by atoms with Gasteiger partial charge in [0.15, 0.2) is 0 Å². The van der Waals surface area contributed by atoms with Gasteiger partial charge in [-0.25, -0.2) is 9.18 Å². The molecule has 0 unspecified atom stereocenters. The van der Waals surface area contributed by atoms with E-state index in [1.54, 1.807) is 35.9 Å². The molecule has 0 bridgehead atoms. The van der Waals surface area contributed by atoms with Gasteiger partial charge in [-0.3, -0.25) is 48.6 Å². The van der Waals surface area contributed by atoms with Crippen molar-refractivity contribution in [3.05, 3.63) is 97.6 Å². The Hall–Kier alpha value is -5.09. The third-order valence-electron chi connectivity index (χ3n) is 16.0. The molecule has 4 aliphatic heterocycles. The second-order valence-corrected chi connectivity index (χ2v) is 20.5. The number of halogens is 3. The fourth-order valence-electron chi connectivity index (χ4n) is 12.7. The van der Waals surface area contributed by atoms with Crippen molar-refractivity contribution in [2.24, 2.45) is 13.0 Å². The largest absolute Gasteiger partial charge is 0.352 e. The maximum absolute atomic E-state index is 16.3. The minimum atomic E-state index is -1.30. The lowest BCUT2D eigenvalue weighted by atomic mass is 9.55. The Kier molecular flexibility index (Phi) is 12.3. The van der Waals surface area contributed by atoms with Gasteiger partial charge in [0.2, 0.25) is 29.5 Å². The molecule has 0 radical (unpaired) electrons. The monoisotopic (exact) mass is 954 g/mol. The number of rotatable bonds is 9. The predicted molar refractivity (Wildman–Crippen MR) is 252 cm³/mol. The van der Waals surface area contributed by atoms with Crippen molar-refractivity contribution in [3.8, 4) is 0 Å². The van der Waals surface area contributed by atoms with Crippen LogP contribution in [0.2, 0.25) is 10.0 Å². The number of carbonyl (C=O) groups is 5. The van der Waals surface area contributed by atoms with Gasteiger partial charge in [-0.15, -0.1) is 0 Å². The zero-order chi connectivity index (χ0) is 46.8. The van der Waals surface area contributed by atoms with Crippen LogP contribution in [-0.4, -0.2) is 98.8 Å². The number of piperidine rings is 1. The molecule has 5 fully saturated rings. The number of nitrogens with one attached hydrogen (secondary N) is 4. The topological polar surface area (TPSA) is 167 Å². The lowest BCUT2D eigenvalue weighted by Gasteiger charge is -2.47. The Labute approximate surface area is 398 Å². The van der Waals surface area contributed by atoms with E-state index in [-0.39, 0.29) is 58.3 Å². The number of aromatic nitrogens is 2. The highest BCUT2D eigenvalue weighted by Crippen LogP contribution is 2.63. The number of amides is 5. The average molecular weight is 956 g/mol. The third-order valence-corrected chi connectivity index (χ3v) is 16.6. The summed E-state index contributed by atoms with van der Waals surface area (Å²) in [4.78, 5) is 85.2. The zero-order valence-electron chi connectivity index (χ0n) is 37.7. The Bertz CT molecular complexity index is 2720. The second kappa shape index (κ2) is 18.1. The number of fused-ring (bicyclic) bond motifs is 4. The highest BCUT2D eigenvalue weighted by molar-refractivity contribution is 6.31. The van der Waals surface area contributed by atoms with Crippen LogP contribution in [-0.2, 0) is 42.9 Å². The molecule has 4 N–H and O–H groups in total. The summed E-state index contributed by atoms with van der Waals surface area (Å²) in [7, 11) is 1.70. The zero-order valence-corrected chi connectivity index (χ0v) is 39.2. The summed E-state index contributed by atoms with van der Waals surface area (Å²) in [6.07, 6.45) is 8.73. The lowest BCUT2D eigenvalue weighted by Crippen LogP contribution is -2.60. The fourth-order valence-corrected chi connectivity index (χ4v) is 13.1. The third kappa shape index (κ3) is 7.87. The van der Waals surface area contributed by atoms with E-state index < -0.39 is 40.7 Å². The summed E-state index contributed by atoms with van der Waals surface area (Å²) in [6.45, 7) is 3.73. The number of anilines is 1. The van der Waals surface area contributed by atoms with Gasteiger partial charge in [0.1, 0.15) is 17.3 Å². The van der Waals surface area contributed by atoms with E-state index in [4.69, 9.17) is 23.2 Å². The molecule has 4 aromatic rings. The number of carbonyl (C=O) groups excluding carboxylic acids is 5. The van der Waals surface area contributed by atoms with Crippen LogP contribution in [0.1, 0.15) is 106 Å². The van der Waals surface area contributed by atoms with Gasteiger partial charge in [0.05, 0.1) is 22.1 Å². The smallest absolute Gasteiger partial charge is 0.329 e. The van der Waals surface area contributed by atoms with Gasteiger partial charge in [0.25, 0.3) is 0 Å². The number of piperazine rings is 1. The van der Waals surface area contributed by atoms with Gasteiger partial charge in [0, 0.05) is 73.8 Å². The maximum Gasteiger partial charge on any atom is 0.329 e. The van der Waals surface area contributed by atoms with Crippen LogP contribution in [0.3, 0.4) is 0 Å². The molecule has 10 rings (SSSR count). The molecule has 5 amide bonds. The fraction of sp³-hybridized carbons (Fsp3) is 0.520. The SMILES string of the molecule is Cn1c(=O)n([C@H]2CCC(=O)NC2=O)c2ccc(CCCN3CCN(C(=O)C4CCC(NC(=O)[C@@H]5NC6(CCCCC6)[C@@]6(C(=O)Nc7cc(Cl)ccc76)[C@H]5c5cccc(Cl)c5F)CC4)CC3)cc21. The van der Waals surface area contributed by atoms with Crippen molar-refractivity contribution in [2.45, 2.75) is 118 Å². The summed E-state index contributed by atoms with van der Waals surface area (Å²) >= 11 is 12.9. The summed E-state index contributed by atoms with van der Waals surface area (Å²) in [5.74, 6) is -2.85. The molecule has 354 valence electrons. The van der Waals surface area contributed by atoms with Crippen LogP contribution in [0.25, 0.3) is 11.0 Å². The van der Waals surface area contributed by atoms with Crippen LogP contribution >= 0.6 is 23.2 Å². The van der Waals surface area contributed by atoms with Crippen LogP contribution < -0.4 is 27.0 Å². The Balaban J connectivity index is 0.750. The number of hydrogen-bond donors (Lipinski definition) is 4. The highest BCUT2D eigenvalue weighted by Gasteiger charge is 2.72. The van der Waals surface area contributed by atoms with Crippen molar-refractivity contribution in [1.29, 1.82) is 0 Å². The van der Waals surface area contributed by atoms with Crippen molar-refractivity contribution >= 4 is 69.5 Å². The maximum atomic E-state index is 16.3. The van der Waals surface area contributed by atoms with E-state index in [0.29, 0.717) is 79.8 Å². The van der Waals surface area contributed by atoms with Gasteiger partial charge in [-0.2, -0.15) is 0 Å². The number of imidazole rings is 1. The van der Waals surface area contributed by atoms with E-state index in [9.17, 15) is 28.8 Å². The minimum Gasteiger partial charge on any atom is -0.352 e. The Morgan fingerprint density at radius 2 is 1.63 bits per heavy atom. The quantitative estimate of drug-likeness (QED) is 0.152. The first-order valence-corrected chi connectivity index (χ1v) is 24.7. The molecule has 14 nitrogen and oxygen atoms in total. The van der Waals surface area contributed by atoms with Crippen molar-refractivity contribution in [2.75, 3.05) is 38.0 Å². The second-order valence-electron chi connectivity index (χ2n) is 19.7. The Morgan fingerprint density at radius 3 is 2.37 bits per heavy atom. The molecule has 67 heavy (non-hydrogen) atoms. The molecule has 4 atom stereocenters. The molecular formula is C50H57Cl2FN8O6. The molecule has 2 aliphatic carbocycles. The van der Waals surface area contributed by atoms with E-state index in [1.807, 2.05) is 29.2 Å². The number of benzene rings is 3. The molecule has 6 aliphatic rings.